The number of carbonyl (C=O) groups excluding carboxylic acids is 2. The van der Waals surface area contributed by atoms with Crippen molar-refractivity contribution < 1.29 is 18.9 Å². The molecule has 0 bridgehead atoms. The molecule has 2 rings (SSSR count). The van der Waals surface area contributed by atoms with Crippen LogP contribution in [-0.2, 0) is 11.8 Å². The second kappa shape index (κ2) is 5.34. The highest BCUT2D eigenvalue weighted by molar-refractivity contribution is 6.00. The van der Waals surface area contributed by atoms with E-state index < -0.39 is 5.97 Å². The number of imidazole rings is 1. The van der Waals surface area contributed by atoms with Crippen LogP contribution >= 0.6 is 0 Å². The Morgan fingerprint density at radius 1 is 1.21 bits per heavy atom. The third kappa shape index (κ3) is 2.98. The van der Waals surface area contributed by atoms with E-state index in [4.69, 9.17) is 0 Å². The minimum absolute atomic E-state index is 0.257. The molecule has 0 radical (unpaired) electrons. The van der Waals surface area contributed by atoms with Gasteiger partial charge >= 0.3 is 5.97 Å². The van der Waals surface area contributed by atoms with Crippen molar-refractivity contribution in [2.24, 2.45) is 7.05 Å². The molecular weight excluding hydrogens is 246 g/mol. The van der Waals surface area contributed by atoms with Gasteiger partial charge in [0.25, 0.3) is 12.2 Å². The van der Waals surface area contributed by atoms with E-state index in [9.17, 15) is 9.59 Å². The standard InChI is InChI=1S/C13H13N3O3/c1-15-7-8-16(9-15)14-12(17)10-3-5-11(6-4-10)13(18)19-2/h3-9H,1-2H3/p+1. The maximum Gasteiger partial charge on any atom is 0.337 e. The van der Waals surface area contributed by atoms with Crippen LogP contribution in [-0.4, -0.2) is 23.7 Å². The smallest absolute Gasteiger partial charge is 0.337 e. The maximum absolute atomic E-state index is 11.9. The Morgan fingerprint density at radius 2 is 1.84 bits per heavy atom. The molecule has 1 aromatic carbocycles. The van der Waals surface area contributed by atoms with Crippen molar-refractivity contribution >= 4 is 11.9 Å². The zero-order valence-corrected chi connectivity index (χ0v) is 10.7. The van der Waals surface area contributed by atoms with Gasteiger partial charge < -0.3 is 4.74 Å². The maximum atomic E-state index is 11.9. The first-order valence-electron chi connectivity index (χ1n) is 5.63. The van der Waals surface area contributed by atoms with Crippen LogP contribution in [0.25, 0.3) is 0 Å². The quantitative estimate of drug-likeness (QED) is 0.645. The Hall–Kier alpha value is -2.63. The molecule has 0 spiro atoms. The van der Waals surface area contributed by atoms with Crippen LogP contribution in [0.1, 0.15) is 20.7 Å². The van der Waals surface area contributed by atoms with E-state index in [0.717, 1.165) is 0 Å². The lowest BCUT2D eigenvalue weighted by molar-refractivity contribution is -0.670. The van der Waals surface area contributed by atoms with Gasteiger partial charge in [-0.1, -0.05) is 0 Å². The first-order valence-corrected chi connectivity index (χ1v) is 5.63. The Balaban J connectivity index is 2.09. The zero-order valence-electron chi connectivity index (χ0n) is 10.7. The fraction of sp³-hybridized carbons (Fsp3) is 0.154. The van der Waals surface area contributed by atoms with Gasteiger partial charge in [-0.15, -0.1) is 4.68 Å². The van der Waals surface area contributed by atoms with E-state index in [2.05, 4.69) is 10.2 Å². The number of rotatable bonds is 3. The molecule has 6 heteroatoms. The summed E-state index contributed by atoms with van der Waals surface area (Å²) in [5.74, 6) is -0.683. The molecule has 0 aliphatic heterocycles. The molecule has 0 unspecified atom stereocenters. The summed E-state index contributed by atoms with van der Waals surface area (Å²) in [6.07, 6.45) is 5.25. The molecule has 0 fully saturated rings. The third-order valence-electron chi connectivity index (χ3n) is 2.57. The fourth-order valence-corrected chi connectivity index (χ4v) is 1.57. The molecule has 2 aromatic rings. The summed E-state index contributed by atoms with van der Waals surface area (Å²) < 4.78 is 7.95. The van der Waals surface area contributed by atoms with Gasteiger partial charge in [0.2, 0.25) is 0 Å². The number of methoxy groups -OCH3 is 1. The summed E-state index contributed by atoms with van der Waals surface area (Å²) in [6, 6.07) is 6.25. The van der Waals surface area contributed by atoms with Gasteiger partial charge in [0, 0.05) is 5.56 Å². The highest BCUT2D eigenvalue weighted by atomic mass is 16.5. The lowest BCUT2D eigenvalue weighted by atomic mass is 10.1. The average Bonchev–Trinajstić information content (AvgIpc) is 2.83. The van der Waals surface area contributed by atoms with Crippen LogP contribution in [0.2, 0.25) is 0 Å². The highest BCUT2D eigenvalue weighted by Crippen LogP contribution is 2.06. The van der Waals surface area contributed by atoms with Crippen molar-refractivity contribution in [2.75, 3.05) is 12.5 Å². The van der Waals surface area contributed by atoms with E-state index in [0.29, 0.717) is 11.1 Å². The van der Waals surface area contributed by atoms with Crippen LogP contribution in [0, 0.1) is 0 Å². The van der Waals surface area contributed by atoms with Gasteiger partial charge in [-0.05, 0) is 24.3 Å². The second-order valence-corrected chi connectivity index (χ2v) is 4.00. The molecule has 0 saturated heterocycles. The zero-order chi connectivity index (χ0) is 13.8. The van der Waals surface area contributed by atoms with Crippen LogP contribution in [0.15, 0.2) is 43.0 Å². The van der Waals surface area contributed by atoms with Crippen LogP contribution in [0.4, 0.5) is 0 Å². The van der Waals surface area contributed by atoms with Gasteiger partial charge in [0.1, 0.15) is 6.20 Å². The topological polar surface area (TPSA) is 64.2 Å². The average molecular weight is 260 g/mol. The number of ether oxygens (including phenoxy) is 1. The predicted octanol–water partition coefficient (Wildman–Crippen LogP) is 0.483. The number of aromatic nitrogens is 2. The summed E-state index contributed by atoms with van der Waals surface area (Å²) >= 11 is 0. The highest BCUT2D eigenvalue weighted by Gasteiger charge is 2.11. The molecule has 1 N–H and O–H groups in total. The van der Waals surface area contributed by atoms with E-state index in [1.165, 1.54) is 7.11 Å². The number of hydrogen-bond donors (Lipinski definition) is 1. The summed E-state index contributed by atoms with van der Waals surface area (Å²) in [5.41, 5.74) is 3.55. The van der Waals surface area contributed by atoms with Gasteiger partial charge in [-0.2, -0.15) is 5.43 Å². The van der Waals surface area contributed by atoms with Gasteiger partial charge in [0.05, 0.1) is 19.7 Å². The summed E-state index contributed by atoms with van der Waals surface area (Å²) in [7, 11) is 3.17. The number of benzene rings is 1. The fourth-order valence-electron chi connectivity index (χ4n) is 1.57. The molecule has 98 valence electrons. The van der Waals surface area contributed by atoms with E-state index in [-0.39, 0.29) is 5.91 Å². The predicted molar refractivity (Wildman–Crippen MR) is 67.1 cm³/mol. The van der Waals surface area contributed by atoms with Gasteiger partial charge in [0.15, 0.2) is 6.20 Å². The molecule has 1 aromatic heterocycles. The number of esters is 1. The monoisotopic (exact) mass is 260 g/mol. The van der Waals surface area contributed by atoms with Crippen LogP contribution in [0.3, 0.4) is 0 Å². The van der Waals surface area contributed by atoms with E-state index in [1.807, 2.05) is 7.05 Å². The number of hydrogen-bond acceptors (Lipinski definition) is 3. The molecule has 19 heavy (non-hydrogen) atoms. The molecule has 0 aliphatic carbocycles. The number of nitrogens with one attached hydrogen (secondary N) is 1. The summed E-state index contributed by atoms with van der Waals surface area (Å²) in [5, 5.41) is 0. The molecule has 0 aliphatic rings. The first-order chi connectivity index (χ1) is 9.10. The minimum atomic E-state index is -0.426. The normalized spacial score (nSPS) is 10.0. The Labute approximate surface area is 110 Å². The van der Waals surface area contributed by atoms with Gasteiger partial charge in [-0.25, -0.2) is 9.36 Å². The number of carbonyl (C=O) groups is 2. The number of aryl methyl sites for hydroxylation is 1. The molecule has 0 saturated carbocycles. The molecule has 0 atom stereocenters. The van der Waals surface area contributed by atoms with Crippen molar-refractivity contribution in [3.05, 3.63) is 54.1 Å². The SMILES string of the molecule is COC(=O)c1ccc(C(=O)Nn2cc[n+](C)c2)cc1. The Kier molecular flexibility index (Phi) is 3.61. The molecule has 6 nitrogen and oxygen atoms in total. The molecular formula is C13H14N3O3+. The van der Waals surface area contributed by atoms with Gasteiger partial charge in [-0.3, -0.25) is 4.79 Å². The van der Waals surface area contributed by atoms with Crippen molar-refractivity contribution in [1.29, 1.82) is 0 Å². The van der Waals surface area contributed by atoms with Crippen molar-refractivity contribution in [1.82, 2.24) is 4.68 Å². The minimum Gasteiger partial charge on any atom is -0.465 e. The molecule has 1 amide bonds. The van der Waals surface area contributed by atoms with Crippen LogP contribution < -0.4 is 9.99 Å². The van der Waals surface area contributed by atoms with Crippen LogP contribution in [0.5, 0.6) is 0 Å². The van der Waals surface area contributed by atoms with E-state index >= 15 is 0 Å². The molecule has 1 heterocycles. The largest absolute Gasteiger partial charge is 0.465 e. The van der Waals surface area contributed by atoms with Crippen molar-refractivity contribution in [2.45, 2.75) is 0 Å². The number of amides is 1. The lowest BCUT2D eigenvalue weighted by Crippen LogP contribution is -2.27. The Morgan fingerprint density at radius 3 is 2.37 bits per heavy atom. The third-order valence-corrected chi connectivity index (χ3v) is 2.57. The first kappa shape index (κ1) is 12.8. The summed E-state index contributed by atoms with van der Waals surface area (Å²) in [6.45, 7) is 0. The second-order valence-electron chi connectivity index (χ2n) is 4.00. The van der Waals surface area contributed by atoms with Crippen molar-refractivity contribution in [3.63, 3.8) is 0 Å². The summed E-state index contributed by atoms with van der Waals surface area (Å²) in [4.78, 5) is 23.2. The van der Waals surface area contributed by atoms with E-state index in [1.54, 1.807) is 52.2 Å². The Bertz CT molecular complexity index is 602. The van der Waals surface area contributed by atoms with Crippen molar-refractivity contribution in [3.8, 4) is 0 Å². The lowest BCUT2D eigenvalue weighted by Gasteiger charge is -2.02. The number of nitrogens with zero attached hydrogens (tertiary/aromatic N) is 2.